The topological polar surface area (TPSA) is 0 Å². The highest BCUT2D eigenvalue weighted by atomic mass is 14.3. The third-order valence-corrected chi connectivity index (χ3v) is 13.0. The van der Waals surface area contributed by atoms with Crippen molar-refractivity contribution in [3.8, 4) is 44.5 Å². The van der Waals surface area contributed by atoms with Gasteiger partial charge in [0.25, 0.3) is 0 Å². The first-order chi connectivity index (χ1) is 28.8. The number of hydrogen-bond acceptors (Lipinski definition) is 0. The second-order valence-electron chi connectivity index (χ2n) is 15.9. The first-order valence-corrected chi connectivity index (χ1v) is 20.3. The summed E-state index contributed by atoms with van der Waals surface area (Å²) < 4.78 is 0. The lowest BCUT2D eigenvalue weighted by Gasteiger charge is -2.22. The molecule has 0 heteroatoms. The van der Waals surface area contributed by atoms with Crippen LogP contribution in [0.15, 0.2) is 206 Å². The van der Waals surface area contributed by atoms with E-state index < -0.39 is 0 Å². The Bertz CT molecular complexity index is 3750. The molecule has 0 nitrogen and oxygen atoms in total. The lowest BCUT2D eigenvalue weighted by molar-refractivity contribution is 1.60. The van der Waals surface area contributed by atoms with Crippen LogP contribution in [-0.4, -0.2) is 0 Å². The summed E-state index contributed by atoms with van der Waals surface area (Å²) >= 11 is 0. The first-order valence-electron chi connectivity index (χ1n) is 20.3. The Hall–Kier alpha value is -7.54. The van der Waals surface area contributed by atoms with E-state index in [2.05, 4.69) is 206 Å². The van der Waals surface area contributed by atoms with Crippen molar-refractivity contribution in [3.05, 3.63) is 206 Å². The molecule has 0 spiro atoms. The van der Waals surface area contributed by atoms with Crippen molar-refractivity contribution in [1.82, 2.24) is 0 Å². The van der Waals surface area contributed by atoms with Gasteiger partial charge in [-0.1, -0.05) is 200 Å². The Morgan fingerprint density at radius 1 is 0.172 bits per heavy atom. The standard InChI is InChI=1S/C58H34/c1-2-16-42-35(10-1)11-9-21-48(42)58-49-20-6-5-19-45(49)52(47-31-27-41-25-23-37-13-8-15-39-29-33-51(47)57(41)55(37)39)34-53(58)44-18-4-3-17-43(44)46-30-26-40-24-22-36-12-7-14-38-28-32-50(46)56(40)54(36)38/h1-34H. The summed E-state index contributed by atoms with van der Waals surface area (Å²) in [4.78, 5) is 0. The third kappa shape index (κ3) is 4.40. The van der Waals surface area contributed by atoms with Gasteiger partial charge in [0, 0.05) is 0 Å². The van der Waals surface area contributed by atoms with Crippen LogP contribution in [0.1, 0.15) is 0 Å². The molecule has 58 heavy (non-hydrogen) atoms. The van der Waals surface area contributed by atoms with Gasteiger partial charge < -0.3 is 0 Å². The van der Waals surface area contributed by atoms with Crippen LogP contribution >= 0.6 is 0 Å². The highest BCUT2D eigenvalue weighted by molar-refractivity contribution is 6.28. The molecule has 0 radical (unpaired) electrons. The molecule has 266 valence electrons. The first kappa shape index (κ1) is 31.6. The molecular formula is C58H34. The molecule has 0 N–H and O–H groups in total. The Morgan fingerprint density at radius 2 is 0.569 bits per heavy atom. The SMILES string of the molecule is c1ccc(-c2ccc3ccc4cccc5ccc2c3c45)c(-c2cc(-c3ccc4ccc5cccc6ccc3c4c56)c3ccccc3c2-c2cccc3ccccc23)c1. The summed E-state index contributed by atoms with van der Waals surface area (Å²) in [5, 5.41) is 20.6. The van der Waals surface area contributed by atoms with Crippen molar-refractivity contribution in [3.63, 3.8) is 0 Å². The monoisotopic (exact) mass is 730 g/mol. The Balaban J connectivity index is 1.17. The zero-order chi connectivity index (χ0) is 37.9. The smallest absolute Gasteiger partial charge is 0.00199 e. The van der Waals surface area contributed by atoms with Gasteiger partial charge in [0.05, 0.1) is 0 Å². The van der Waals surface area contributed by atoms with Gasteiger partial charge in [0.1, 0.15) is 0 Å². The molecule has 0 atom stereocenters. The van der Waals surface area contributed by atoms with Crippen LogP contribution in [0.2, 0.25) is 0 Å². The molecule has 0 fully saturated rings. The van der Waals surface area contributed by atoms with Crippen molar-refractivity contribution in [2.24, 2.45) is 0 Å². The second kappa shape index (κ2) is 12.0. The van der Waals surface area contributed by atoms with Crippen molar-refractivity contribution < 1.29 is 0 Å². The quantitative estimate of drug-likeness (QED) is 0.158. The van der Waals surface area contributed by atoms with Gasteiger partial charge in [-0.15, -0.1) is 0 Å². The van der Waals surface area contributed by atoms with Gasteiger partial charge in [0.2, 0.25) is 0 Å². The van der Waals surface area contributed by atoms with Crippen LogP contribution in [-0.2, 0) is 0 Å². The fourth-order valence-corrected chi connectivity index (χ4v) is 10.4. The average Bonchev–Trinajstić information content (AvgIpc) is 3.29. The molecule has 0 unspecified atom stereocenters. The van der Waals surface area contributed by atoms with E-state index in [1.54, 1.807) is 0 Å². The highest BCUT2D eigenvalue weighted by Crippen LogP contribution is 2.50. The highest BCUT2D eigenvalue weighted by Gasteiger charge is 2.23. The van der Waals surface area contributed by atoms with Crippen LogP contribution in [0.4, 0.5) is 0 Å². The molecule has 0 heterocycles. The van der Waals surface area contributed by atoms with E-state index in [1.807, 2.05) is 0 Å². The summed E-state index contributed by atoms with van der Waals surface area (Å²) in [6, 6.07) is 77.4. The van der Waals surface area contributed by atoms with Crippen LogP contribution in [0.3, 0.4) is 0 Å². The number of rotatable bonds is 4. The van der Waals surface area contributed by atoms with Gasteiger partial charge in [-0.3, -0.25) is 0 Å². The number of benzene rings is 13. The molecule has 13 aromatic rings. The van der Waals surface area contributed by atoms with E-state index in [9.17, 15) is 0 Å². The van der Waals surface area contributed by atoms with E-state index >= 15 is 0 Å². The fraction of sp³-hybridized carbons (Fsp3) is 0. The Labute approximate surface area is 335 Å². The van der Waals surface area contributed by atoms with Crippen LogP contribution < -0.4 is 0 Å². The van der Waals surface area contributed by atoms with Gasteiger partial charge in [0.15, 0.2) is 0 Å². The summed E-state index contributed by atoms with van der Waals surface area (Å²) in [6.45, 7) is 0. The van der Waals surface area contributed by atoms with E-state index in [-0.39, 0.29) is 0 Å². The summed E-state index contributed by atoms with van der Waals surface area (Å²) in [5.41, 5.74) is 9.96. The number of hydrogen-bond donors (Lipinski definition) is 0. The maximum Gasteiger partial charge on any atom is -0.00199 e. The minimum atomic E-state index is 1.23. The maximum absolute atomic E-state index is 2.51. The fourth-order valence-electron chi connectivity index (χ4n) is 10.4. The van der Waals surface area contributed by atoms with E-state index in [0.717, 1.165) is 0 Å². The molecule has 13 aromatic carbocycles. The van der Waals surface area contributed by atoms with Crippen molar-refractivity contribution in [1.29, 1.82) is 0 Å². The lowest BCUT2D eigenvalue weighted by Crippen LogP contribution is -1.95. The molecule has 0 aliphatic carbocycles. The molecule has 13 rings (SSSR count). The average molecular weight is 731 g/mol. The predicted octanol–water partition coefficient (Wildman–Crippen LogP) is 16.5. The summed E-state index contributed by atoms with van der Waals surface area (Å²) in [6.07, 6.45) is 0. The van der Waals surface area contributed by atoms with E-state index in [1.165, 1.54) is 131 Å². The van der Waals surface area contributed by atoms with Gasteiger partial charge in [-0.25, -0.2) is 0 Å². The predicted molar refractivity (Wildman–Crippen MR) is 251 cm³/mol. The Morgan fingerprint density at radius 3 is 1.19 bits per heavy atom. The minimum absolute atomic E-state index is 1.23. The minimum Gasteiger partial charge on any atom is -0.0616 e. The van der Waals surface area contributed by atoms with Crippen LogP contribution in [0, 0.1) is 0 Å². The molecule has 0 saturated heterocycles. The third-order valence-electron chi connectivity index (χ3n) is 13.0. The van der Waals surface area contributed by atoms with Gasteiger partial charge in [-0.05, 0) is 137 Å². The zero-order valence-corrected chi connectivity index (χ0v) is 31.6. The summed E-state index contributed by atoms with van der Waals surface area (Å²) in [5.74, 6) is 0. The zero-order valence-electron chi connectivity index (χ0n) is 31.6. The molecule has 0 aliphatic rings. The normalized spacial score (nSPS) is 12.1. The van der Waals surface area contributed by atoms with E-state index in [4.69, 9.17) is 0 Å². The van der Waals surface area contributed by atoms with Crippen LogP contribution in [0.25, 0.3) is 131 Å². The van der Waals surface area contributed by atoms with E-state index in [0.29, 0.717) is 0 Å². The molecule has 0 aromatic heterocycles. The lowest BCUT2D eigenvalue weighted by atomic mass is 9.80. The van der Waals surface area contributed by atoms with Crippen molar-refractivity contribution in [2.75, 3.05) is 0 Å². The van der Waals surface area contributed by atoms with Gasteiger partial charge in [-0.2, -0.15) is 0 Å². The van der Waals surface area contributed by atoms with Crippen molar-refractivity contribution >= 4 is 86.2 Å². The molecule has 0 bridgehead atoms. The summed E-state index contributed by atoms with van der Waals surface area (Å²) in [7, 11) is 0. The largest absolute Gasteiger partial charge is 0.0616 e. The molecule has 0 saturated carbocycles. The molecular weight excluding hydrogens is 697 g/mol. The number of fused-ring (bicyclic) bond motifs is 2. The van der Waals surface area contributed by atoms with Crippen molar-refractivity contribution in [2.45, 2.75) is 0 Å². The maximum atomic E-state index is 2.51. The molecule has 0 amide bonds. The second-order valence-corrected chi connectivity index (χ2v) is 15.9. The van der Waals surface area contributed by atoms with Gasteiger partial charge >= 0.3 is 0 Å². The molecule has 0 aliphatic heterocycles. The van der Waals surface area contributed by atoms with Crippen LogP contribution in [0.5, 0.6) is 0 Å². The Kier molecular flexibility index (Phi) is 6.54.